The van der Waals surface area contributed by atoms with Crippen LogP contribution in [-0.4, -0.2) is 0 Å². The zero-order valence-corrected chi connectivity index (χ0v) is 35.8. The van der Waals surface area contributed by atoms with E-state index in [0.717, 1.165) is 0 Å². The first kappa shape index (κ1) is 36.1. The van der Waals surface area contributed by atoms with Crippen LogP contribution in [0.25, 0.3) is 109 Å². The van der Waals surface area contributed by atoms with E-state index >= 15 is 0 Å². The van der Waals surface area contributed by atoms with E-state index in [9.17, 15) is 0 Å². The molecule has 61 heavy (non-hydrogen) atoms. The Labute approximate surface area is 358 Å². The molecule has 0 unspecified atom stereocenters. The van der Waals surface area contributed by atoms with Crippen molar-refractivity contribution >= 4 is 75.4 Å². The fraction of sp³-hybridized carbons (Fsp3) is 0.148. The number of rotatable bonds is 2. The smallest absolute Gasteiger partial charge is 0.0318 e. The first-order valence-corrected chi connectivity index (χ1v) is 21.9. The van der Waals surface area contributed by atoms with Gasteiger partial charge in [0.05, 0.1) is 0 Å². The maximum atomic E-state index is 2.66. The summed E-state index contributed by atoms with van der Waals surface area (Å²) in [6.45, 7) is 14.9. The van der Waals surface area contributed by atoms with Crippen molar-refractivity contribution in [1.29, 1.82) is 0 Å². The highest BCUT2D eigenvalue weighted by Gasteiger charge is 2.59. The van der Waals surface area contributed by atoms with Gasteiger partial charge in [0.1, 0.15) is 0 Å². The molecule has 1 aliphatic carbocycles. The van der Waals surface area contributed by atoms with Gasteiger partial charge < -0.3 is 0 Å². The normalized spacial score (nSPS) is 13.9. The minimum Gasteiger partial charge on any atom is -0.0616 e. The van der Waals surface area contributed by atoms with Gasteiger partial charge in [0.2, 0.25) is 0 Å². The molecule has 11 aromatic rings. The van der Waals surface area contributed by atoms with Crippen molar-refractivity contribution in [3.8, 4) is 33.4 Å². The van der Waals surface area contributed by atoms with Crippen molar-refractivity contribution in [2.75, 3.05) is 0 Å². The fourth-order valence-electron chi connectivity index (χ4n) is 12.7. The number of fused-ring (bicyclic) bond motifs is 15. The molecule has 0 heteroatoms. The van der Waals surface area contributed by atoms with E-state index in [1.54, 1.807) is 0 Å². The molecule has 292 valence electrons. The average Bonchev–Trinajstić information content (AvgIpc) is 3.62. The van der Waals surface area contributed by atoms with Crippen molar-refractivity contribution < 1.29 is 0 Å². The van der Waals surface area contributed by atoms with Crippen molar-refractivity contribution in [2.24, 2.45) is 10.8 Å². The Morgan fingerprint density at radius 3 is 1.07 bits per heavy atom. The van der Waals surface area contributed by atoms with Crippen LogP contribution >= 0.6 is 0 Å². The topological polar surface area (TPSA) is 0 Å². The third kappa shape index (κ3) is 4.71. The van der Waals surface area contributed by atoms with Gasteiger partial charge in [0.15, 0.2) is 0 Å². The predicted molar refractivity (Wildman–Crippen MR) is 265 cm³/mol. The van der Waals surface area contributed by atoms with Gasteiger partial charge in [-0.1, -0.05) is 211 Å². The highest BCUT2D eigenvalue weighted by atomic mass is 14.6. The van der Waals surface area contributed by atoms with Gasteiger partial charge in [0.25, 0.3) is 0 Å². The highest BCUT2D eigenvalue weighted by Crippen LogP contribution is 2.69. The zero-order valence-electron chi connectivity index (χ0n) is 35.8. The lowest BCUT2D eigenvalue weighted by Gasteiger charge is -2.53. The van der Waals surface area contributed by atoms with E-state index in [0.29, 0.717) is 0 Å². The third-order valence-electron chi connectivity index (χ3n) is 14.5. The molecule has 0 radical (unpaired) electrons. The summed E-state index contributed by atoms with van der Waals surface area (Å²) in [4.78, 5) is 0. The number of hydrogen-bond acceptors (Lipinski definition) is 0. The maximum Gasteiger partial charge on any atom is 0.0318 e. The summed E-state index contributed by atoms with van der Waals surface area (Å²) in [5.74, 6) is 0. The van der Waals surface area contributed by atoms with Crippen LogP contribution in [0.2, 0.25) is 0 Å². The Balaban J connectivity index is 1.28. The van der Waals surface area contributed by atoms with Crippen molar-refractivity contribution in [3.05, 3.63) is 193 Å². The molecule has 0 saturated heterocycles. The first-order valence-electron chi connectivity index (χ1n) is 21.9. The van der Waals surface area contributed by atoms with Crippen molar-refractivity contribution in [3.63, 3.8) is 0 Å². The molecule has 1 aliphatic rings. The molecule has 0 N–H and O–H groups in total. The largest absolute Gasteiger partial charge is 0.0616 e. The number of benzene rings is 11. The fourth-order valence-corrected chi connectivity index (χ4v) is 12.7. The molecule has 11 aromatic carbocycles. The minimum atomic E-state index is -0.345. The second-order valence-corrected chi connectivity index (χ2v) is 19.5. The van der Waals surface area contributed by atoms with E-state index < -0.39 is 0 Å². The third-order valence-corrected chi connectivity index (χ3v) is 14.5. The van der Waals surface area contributed by atoms with Crippen LogP contribution in [0.3, 0.4) is 0 Å². The maximum absolute atomic E-state index is 2.66. The summed E-state index contributed by atoms with van der Waals surface area (Å²) < 4.78 is 0. The summed E-state index contributed by atoms with van der Waals surface area (Å²) in [7, 11) is 0. The predicted octanol–water partition coefficient (Wildman–Crippen LogP) is 17.5. The Kier molecular flexibility index (Phi) is 7.48. The molecule has 0 saturated carbocycles. The highest BCUT2D eigenvalue weighted by molar-refractivity contribution is 6.29. The van der Waals surface area contributed by atoms with Crippen LogP contribution in [-0.2, 0) is 5.41 Å². The van der Waals surface area contributed by atoms with Crippen LogP contribution in [0.4, 0.5) is 0 Å². The zero-order chi connectivity index (χ0) is 41.4. The Bertz CT molecular complexity index is 3590. The average molecular weight is 781 g/mol. The lowest BCUT2D eigenvalue weighted by Crippen LogP contribution is -2.50. The molecule has 0 spiro atoms. The lowest BCUT2D eigenvalue weighted by atomic mass is 9.49. The Morgan fingerprint density at radius 1 is 0.279 bits per heavy atom. The second kappa shape index (κ2) is 12.6. The molecule has 0 fully saturated rings. The minimum absolute atomic E-state index is 0.151. The SMILES string of the molecule is CC(C)(C)C1(C(C)(C)C)c2cc(-c3c4ccccc4c(-c4cc5ccccc5c5ccccc45)c4ccccc34)c3ccccc3c2-c2c1c1ccccc1c1ccccc21. The standard InChI is InChI=1S/C61H48/c1-59(2,3)61(60(4,5)6)53-36-52(43-27-12-14-28-44(43)56(53)57-45-29-15-11-24-40(45)41-25-13-20-34-50(41)58(57)61)55-48-32-18-16-30-46(48)54(47-31-17-19-33-49(47)55)51-35-37-21-7-8-22-38(37)39-23-9-10-26-42(39)51/h7-36H,1-6H3. The van der Waals surface area contributed by atoms with Gasteiger partial charge in [0, 0.05) is 5.41 Å². The van der Waals surface area contributed by atoms with Gasteiger partial charge in [-0.2, -0.15) is 0 Å². The quantitative estimate of drug-likeness (QED) is 0.121. The molecule has 0 heterocycles. The lowest BCUT2D eigenvalue weighted by molar-refractivity contribution is 0.0965. The van der Waals surface area contributed by atoms with E-state index in [1.807, 2.05) is 0 Å². The van der Waals surface area contributed by atoms with E-state index in [1.165, 1.54) is 120 Å². The van der Waals surface area contributed by atoms with E-state index in [4.69, 9.17) is 0 Å². The van der Waals surface area contributed by atoms with Gasteiger partial charge in [-0.3, -0.25) is 0 Å². The van der Waals surface area contributed by atoms with E-state index in [-0.39, 0.29) is 16.2 Å². The van der Waals surface area contributed by atoms with Gasteiger partial charge >= 0.3 is 0 Å². The summed E-state index contributed by atoms with van der Waals surface area (Å²) in [5.41, 5.74) is 10.3. The molecular formula is C61H48. The molecule has 12 rings (SSSR count). The van der Waals surface area contributed by atoms with Crippen LogP contribution < -0.4 is 0 Å². The summed E-state index contributed by atoms with van der Waals surface area (Å²) in [6, 6.07) is 69.0. The Morgan fingerprint density at radius 2 is 0.590 bits per heavy atom. The van der Waals surface area contributed by atoms with Gasteiger partial charge in [-0.05, 0) is 143 Å². The number of hydrogen-bond donors (Lipinski definition) is 0. The first-order chi connectivity index (χ1) is 29.6. The molecular weight excluding hydrogens is 733 g/mol. The monoisotopic (exact) mass is 780 g/mol. The summed E-state index contributed by atoms with van der Waals surface area (Å²) in [5, 5.41) is 18.2. The van der Waals surface area contributed by atoms with Crippen LogP contribution in [0, 0.1) is 10.8 Å². The molecule has 0 nitrogen and oxygen atoms in total. The van der Waals surface area contributed by atoms with Crippen molar-refractivity contribution in [1.82, 2.24) is 0 Å². The molecule has 0 atom stereocenters. The van der Waals surface area contributed by atoms with Gasteiger partial charge in [-0.25, -0.2) is 0 Å². The van der Waals surface area contributed by atoms with Crippen molar-refractivity contribution in [2.45, 2.75) is 47.0 Å². The molecule has 0 bridgehead atoms. The molecule has 0 aliphatic heterocycles. The van der Waals surface area contributed by atoms with Crippen LogP contribution in [0.1, 0.15) is 52.7 Å². The van der Waals surface area contributed by atoms with Gasteiger partial charge in [-0.15, -0.1) is 0 Å². The second-order valence-electron chi connectivity index (χ2n) is 19.5. The Hall–Kier alpha value is -6.76. The summed E-state index contributed by atoms with van der Waals surface area (Å²) in [6.07, 6.45) is 0. The molecule has 0 aromatic heterocycles. The van der Waals surface area contributed by atoms with E-state index in [2.05, 4.69) is 224 Å². The van der Waals surface area contributed by atoms with Crippen LogP contribution in [0.15, 0.2) is 182 Å². The van der Waals surface area contributed by atoms with Crippen LogP contribution in [0.5, 0.6) is 0 Å². The molecule has 0 amide bonds. The summed E-state index contributed by atoms with van der Waals surface area (Å²) >= 11 is 0.